The Bertz CT molecular complexity index is 709. The number of nitrogens with one attached hydrogen (secondary N) is 2. The van der Waals surface area contributed by atoms with Crippen LogP contribution in [-0.4, -0.2) is 32.1 Å². The van der Waals surface area contributed by atoms with Crippen molar-refractivity contribution in [1.82, 2.24) is 10.6 Å². The number of hydrogen-bond donors (Lipinski definition) is 2. The lowest BCUT2D eigenvalue weighted by Crippen LogP contribution is -2.36. The van der Waals surface area contributed by atoms with E-state index in [2.05, 4.69) is 10.6 Å². The molecule has 2 amide bonds. The molecule has 0 bridgehead atoms. The summed E-state index contributed by atoms with van der Waals surface area (Å²) in [7, 11) is 1.54. The van der Waals surface area contributed by atoms with E-state index in [0.29, 0.717) is 29.5 Å². The number of halogens is 1. The van der Waals surface area contributed by atoms with Gasteiger partial charge in [0.1, 0.15) is 11.5 Å². The lowest BCUT2D eigenvalue weighted by atomic mass is 10.2. The van der Waals surface area contributed by atoms with E-state index in [9.17, 15) is 9.59 Å². The maximum atomic E-state index is 12.3. The van der Waals surface area contributed by atoms with Crippen LogP contribution in [-0.2, 0) is 9.53 Å². The standard InChI is InChI=1S/C17H17ClN2O4/c1-23-10-8-19-17(22)15(11-14-3-2-9-24-14)20-16(21)12-4-6-13(18)7-5-12/h2-7,9,11H,8,10H2,1H3,(H,19,22)(H,20,21)/b15-11+. The van der Waals surface area contributed by atoms with Gasteiger partial charge in [0.2, 0.25) is 0 Å². The Kier molecular flexibility index (Phi) is 6.60. The van der Waals surface area contributed by atoms with Crippen LogP contribution in [0.5, 0.6) is 0 Å². The maximum Gasteiger partial charge on any atom is 0.268 e. The summed E-state index contributed by atoms with van der Waals surface area (Å²) in [6.07, 6.45) is 2.93. The van der Waals surface area contributed by atoms with E-state index < -0.39 is 11.8 Å². The van der Waals surface area contributed by atoms with Crippen molar-refractivity contribution in [3.05, 3.63) is 64.7 Å². The molecule has 1 aromatic carbocycles. The van der Waals surface area contributed by atoms with Crippen molar-refractivity contribution in [1.29, 1.82) is 0 Å². The molecule has 0 unspecified atom stereocenters. The highest BCUT2D eigenvalue weighted by atomic mass is 35.5. The van der Waals surface area contributed by atoms with Crippen LogP contribution in [0.2, 0.25) is 5.02 Å². The van der Waals surface area contributed by atoms with Gasteiger partial charge in [-0.1, -0.05) is 11.6 Å². The number of rotatable bonds is 7. The van der Waals surface area contributed by atoms with Crippen LogP contribution < -0.4 is 10.6 Å². The average Bonchev–Trinajstić information content (AvgIpc) is 3.08. The van der Waals surface area contributed by atoms with Gasteiger partial charge in [0.25, 0.3) is 11.8 Å². The van der Waals surface area contributed by atoms with Gasteiger partial charge in [0.15, 0.2) is 0 Å². The van der Waals surface area contributed by atoms with Gasteiger partial charge in [-0.25, -0.2) is 0 Å². The average molecular weight is 349 g/mol. The van der Waals surface area contributed by atoms with Gasteiger partial charge in [0, 0.05) is 30.3 Å². The molecule has 6 nitrogen and oxygen atoms in total. The minimum atomic E-state index is -0.439. The van der Waals surface area contributed by atoms with Crippen LogP contribution in [0, 0.1) is 0 Å². The molecule has 2 rings (SSSR count). The minimum Gasteiger partial charge on any atom is -0.465 e. The lowest BCUT2D eigenvalue weighted by Gasteiger charge is -2.10. The zero-order valence-electron chi connectivity index (χ0n) is 13.0. The molecular formula is C17H17ClN2O4. The van der Waals surface area contributed by atoms with Crippen LogP contribution in [0.15, 0.2) is 52.8 Å². The van der Waals surface area contributed by atoms with Crippen LogP contribution >= 0.6 is 11.6 Å². The molecule has 7 heteroatoms. The van der Waals surface area contributed by atoms with Gasteiger partial charge in [-0.15, -0.1) is 0 Å². The van der Waals surface area contributed by atoms with Crippen LogP contribution in [0.1, 0.15) is 16.1 Å². The van der Waals surface area contributed by atoms with Crippen molar-refractivity contribution in [2.24, 2.45) is 0 Å². The third-order valence-electron chi connectivity index (χ3n) is 3.02. The SMILES string of the molecule is COCCNC(=O)/C(=C\c1ccco1)NC(=O)c1ccc(Cl)cc1. The summed E-state index contributed by atoms with van der Waals surface area (Å²) in [5.74, 6) is -0.416. The normalized spacial score (nSPS) is 11.2. The largest absolute Gasteiger partial charge is 0.465 e. The summed E-state index contributed by atoms with van der Waals surface area (Å²) in [5.41, 5.74) is 0.454. The first-order valence-electron chi connectivity index (χ1n) is 7.19. The third kappa shape index (κ3) is 5.26. The number of carbonyl (C=O) groups excluding carboxylic acids is 2. The van der Waals surface area contributed by atoms with Gasteiger partial charge < -0.3 is 19.8 Å². The molecule has 1 aromatic heterocycles. The lowest BCUT2D eigenvalue weighted by molar-refractivity contribution is -0.117. The molecule has 0 aliphatic carbocycles. The van der Waals surface area contributed by atoms with E-state index in [-0.39, 0.29) is 5.70 Å². The highest BCUT2D eigenvalue weighted by Crippen LogP contribution is 2.11. The summed E-state index contributed by atoms with van der Waals surface area (Å²) in [6, 6.07) is 9.72. The Balaban J connectivity index is 2.14. The molecule has 1 heterocycles. The van der Waals surface area contributed by atoms with Gasteiger partial charge >= 0.3 is 0 Å². The number of benzene rings is 1. The molecule has 0 saturated heterocycles. The van der Waals surface area contributed by atoms with E-state index in [0.717, 1.165) is 0 Å². The van der Waals surface area contributed by atoms with Crippen LogP contribution in [0.3, 0.4) is 0 Å². The van der Waals surface area contributed by atoms with E-state index in [1.807, 2.05) is 0 Å². The molecule has 0 saturated carbocycles. The van der Waals surface area contributed by atoms with E-state index in [4.69, 9.17) is 20.8 Å². The maximum absolute atomic E-state index is 12.3. The van der Waals surface area contributed by atoms with Gasteiger partial charge in [0.05, 0.1) is 12.9 Å². The van der Waals surface area contributed by atoms with Crippen molar-refractivity contribution in [3.8, 4) is 0 Å². The number of hydrogen-bond acceptors (Lipinski definition) is 4. The number of amides is 2. The summed E-state index contributed by atoms with van der Waals surface area (Å²) in [4.78, 5) is 24.6. The second-order valence-corrected chi connectivity index (χ2v) is 5.22. The second-order valence-electron chi connectivity index (χ2n) is 4.78. The molecule has 2 N–H and O–H groups in total. The van der Waals surface area contributed by atoms with Crippen molar-refractivity contribution in [2.45, 2.75) is 0 Å². The first-order chi connectivity index (χ1) is 11.6. The summed E-state index contributed by atoms with van der Waals surface area (Å²) in [6.45, 7) is 0.687. The Hall–Kier alpha value is -2.57. The van der Waals surface area contributed by atoms with Crippen molar-refractivity contribution < 1.29 is 18.7 Å². The fourth-order valence-corrected chi connectivity index (χ4v) is 1.96. The van der Waals surface area contributed by atoms with Crippen molar-refractivity contribution >= 4 is 29.5 Å². The van der Waals surface area contributed by atoms with E-state index in [1.165, 1.54) is 19.4 Å². The summed E-state index contributed by atoms with van der Waals surface area (Å²) < 4.78 is 10.1. The van der Waals surface area contributed by atoms with Crippen LogP contribution in [0.4, 0.5) is 0 Å². The summed E-state index contributed by atoms with van der Waals surface area (Å²) >= 11 is 5.81. The van der Waals surface area contributed by atoms with Crippen LogP contribution in [0.25, 0.3) is 6.08 Å². The zero-order chi connectivity index (χ0) is 17.4. The Morgan fingerprint density at radius 3 is 2.62 bits per heavy atom. The minimum absolute atomic E-state index is 0.0704. The topological polar surface area (TPSA) is 80.6 Å². The van der Waals surface area contributed by atoms with Gasteiger partial charge in [-0.3, -0.25) is 9.59 Å². The third-order valence-corrected chi connectivity index (χ3v) is 3.27. The molecule has 2 aromatic rings. The zero-order valence-corrected chi connectivity index (χ0v) is 13.8. The highest BCUT2D eigenvalue weighted by Gasteiger charge is 2.15. The first kappa shape index (κ1) is 17.8. The number of methoxy groups -OCH3 is 1. The molecule has 0 fully saturated rings. The molecule has 0 radical (unpaired) electrons. The summed E-state index contributed by atoms with van der Waals surface area (Å²) in [5, 5.41) is 5.76. The van der Waals surface area contributed by atoms with Gasteiger partial charge in [-0.2, -0.15) is 0 Å². The molecule has 0 atom stereocenters. The Labute approximate surface area is 144 Å². The van der Waals surface area contributed by atoms with Crippen molar-refractivity contribution in [2.75, 3.05) is 20.3 Å². The predicted molar refractivity (Wildman–Crippen MR) is 90.5 cm³/mol. The van der Waals surface area contributed by atoms with E-state index >= 15 is 0 Å². The van der Waals surface area contributed by atoms with Crippen molar-refractivity contribution in [3.63, 3.8) is 0 Å². The smallest absolute Gasteiger partial charge is 0.268 e. The molecule has 24 heavy (non-hydrogen) atoms. The Morgan fingerprint density at radius 2 is 2.00 bits per heavy atom. The fourth-order valence-electron chi connectivity index (χ4n) is 1.83. The quantitative estimate of drug-likeness (QED) is 0.595. The Morgan fingerprint density at radius 1 is 1.25 bits per heavy atom. The first-order valence-corrected chi connectivity index (χ1v) is 7.57. The highest BCUT2D eigenvalue weighted by molar-refractivity contribution is 6.30. The second kappa shape index (κ2) is 8.90. The number of ether oxygens (including phenoxy) is 1. The monoisotopic (exact) mass is 348 g/mol. The number of carbonyl (C=O) groups is 2. The predicted octanol–water partition coefficient (Wildman–Crippen LogP) is 2.47. The van der Waals surface area contributed by atoms with E-state index in [1.54, 1.807) is 36.4 Å². The number of furan rings is 1. The fraction of sp³-hybridized carbons (Fsp3) is 0.176. The molecule has 0 aliphatic rings. The van der Waals surface area contributed by atoms with Gasteiger partial charge in [-0.05, 0) is 36.4 Å². The molecule has 126 valence electrons. The molecular weight excluding hydrogens is 332 g/mol. The molecule has 0 spiro atoms. The molecule has 0 aliphatic heterocycles.